The minimum absolute atomic E-state index is 0.172. The predicted octanol–water partition coefficient (Wildman–Crippen LogP) is 0.586. The number of ether oxygens (including phenoxy) is 1. The van der Waals surface area contributed by atoms with Crippen LogP contribution < -0.4 is 15.4 Å². The summed E-state index contributed by atoms with van der Waals surface area (Å²) in [6.07, 6.45) is 0. The van der Waals surface area contributed by atoms with Crippen LogP contribution in [0.4, 0.5) is 5.69 Å². The number of nitrogens with zero attached hydrogens (tertiary/aromatic N) is 2. The molecule has 0 aromatic heterocycles. The first-order valence-corrected chi connectivity index (χ1v) is 7.24. The Hall–Kier alpha value is -2.19. The minimum atomic E-state index is -0.544. The number of rotatable bonds is 6. The Morgan fingerprint density at radius 3 is 2.82 bits per heavy atom. The van der Waals surface area contributed by atoms with E-state index in [1.807, 2.05) is 0 Å². The molecular formula is C14H20N4O4. The van der Waals surface area contributed by atoms with Gasteiger partial charge in [-0.05, 0) is 19.1 Å². The number of carbonyl (C=O) groups is 1. The Bertz CT molecular complexity index is 544. The van der Waals surface area contributed by atoms with Crippen LogP contribution in [0.25, 0.3) is 0 Å². The van der Waals surface area contributed by atoms with Crippen molar-refractivity contribution in [3.05, 3.63) is 33.9 Å². The van der Waals surface area contributed by atoms with Gasteiger partial charge in [0.15, 0.2) is 5.75 Å². The number of carbonyl (C=O) groups excluding carboxylic acids is 1. The van der Waals surface area contributed by atoms with Crippen molar-refractivity contribution in [1.82, 2.24) is 15.5 Å². The highest BCUT2D eigenvalue weighted by molar-refractivity contribution is 5.95. The molecule has 8 heteroatoms. The van der Waals surface area contributed by atoms with Gasteiger partial charge >= 0.3 is 5.69 Å². The van der Waals surface area contributed by atoms with Crippen molar-refractivity contribution in [2.75, 3.05) is 39.5 Å². The SMILES string of the molecule is CCOc1ccc(C(=O)NCN2CCNCC2)cc1[N+](=O)[O-]. The molecule has 1 fully saturated rings. The van der Waals surface area contributed by atoms with Gasteiger partial charge in [0.05, 0.1) is 18.2 Å². The van der Waals surface area contributed by atoms with E-state index in [-0.39, 0.29) is 22.9 Å². The third-order valence-corrected chi connectivity index (χ3v) is 3.39. The zero-order chi connectivity index (χ0) is 15.9. The van der Waals surface area contributed by atoms with E-state index in [1.54, 1.807) is 6.92 Å². The molecule has 1 saturated heterocycles. The first-order chi connectivity index (χ1) is 10.6. The smallest absolute Gasteiger partial charge is 0.311 e. The van der Waals surface area contributed by atoms with Crippen LogP contribution in [0.15, 0.2) is 18.2 Å². The number of amides is 1. The fourth-order valence-electron chi connectivity index (χ4n) is 2.23. The van der Waals surface area contributed by atoms with Crippen molar-refractivity contribution in [2.45, 2.75) is 6.92 Å². The third-order valence-electron chi connectivity index (χ3n) is 3.39. The zero-order valence-corrected chi connectivity index (χ0v) is 12.5. The molecule has 1 aromatic carbocycles. The van der Waals surface area contributed by atoms with Crippen LogP contribution in [-0.4, -0.2) is 55.2 Å². The quantitative estimate of drug-likeness (QED) is 0.589. The molecule has 8 nitrogen and oxygen atoms in total. The second kappa shape index (κ2) is 7.71. The molecule has 0 saturated carbocycles. The number of hydrogen-bond donors (Lipinski definition) is 2. The largest absolute Gasteiger partial charge is 0.487 e. The van der Waals surface area contributed by atoms with Crippen LogP contribution >= 0.6 is 0 Å². The van der Waals surface area contributed by atoms with Crippen molar-refractivity contribution < 1.29 is 14.5 Å². The average molecular weight is 308 g/mol. The van der Waals surface area contributed by atoms with Gasteiger partial charge in [-0.2, -0.15) is 0 Å². The molecule has 1 aliphatic heterocycles. The fourth-order valence-corrected chi connectivity index (χ4v) is 2.23. The van der Waals surface area contributed by atoms with Gasteiger partial charge in [-0.3, -0.25) is 19.8 Å². The number of benzene rings is 1. The summed E-state index contributed by atoms with van der Waals surface area (Å²) < 4.78 is 5.20. The summed E-state index contributed by atoms with van der Waals surface area (Å²) in [6, 6.07) is 4.24. The van der Waals surface area contributed by atoms with E-state index < -0.39 is 4.92 Å². The lowest BCUT2D eigenvalue weighted by Gasteiger charge is -2.27. The van der Waals surface area contributed by atoms with Crippen molar-refractivity contribution in [2.24, 2.45) is 0 Å². The summed E-state index contributed by atoms with van der Waals surface area (Å²) in [5.41, 5.74) is 0.0574. The Labute approximate surface area is 128 Å². The predicted molar refractivity (Wildman–Crippen MR) is 81.0 cm³/mol. The van der Waals surface area contributed by atoms with Gasteiger partial charge < -0.3 is 15.4 Å². The van der Waals surface area contributed by atoms with Crippen LogP contribution in [0.2, 0.25) is 0 Å². The third kappa shape index (κ3) is 4.15. The molecule has 2 N–H and O–H groups in total. The summed E-state index contributed by atoms with van der Waals surface area (Å²) in [4.78, 5) is 24.7. The lowest BCUT2D eigenvalue weighted by atomic mass is 10.1. The molecule has 0 radical (unpaired) electrons. The summed E-state index contributed by atoms with van der Waals surface area (Å²) in [7, 11) is 0. The normalized spacial score (nSPS) is 15.3. The molecular weight excluding hydrogens is 288 g/mol. The summed E-state index contributed by atoms with van der Waals surface area (Å²) >= 11 is 0. The number of nitrogens with one attached hydrogen (secondary N) is 2. The highest BCUT2D eigenvalue weighted by Gasteiger charge is 2.19. The van der Waals surface area contributed by atoms with Gasteiger partial charge in [-0.25, -0.2) is 0 Å². The van der Waals surface area contributed by atoms with Crippen LogP contribution in [0, 0.1) is 10.1 Å². The highest BCUT2D eigenvalue weighted by Crippen LogP contribution is 2.27. The Balaban J connectivity index is 2.02. The zero-order valence-electron chi connectivity index (χ0n) is 12.5. The molecule has 1 heterocycles. The second-order valence-electron chi connectivity index (χ2n) is 4.90. The van der Waals surface area contributed by atoms with E-state index >= 15 is 0 Å². The summed E-state index contributed by atoms with van der Waals surface area (Å²) in [5, 5.41) is 17.1. The van der Waals surface area contributed by atoms with Crippen LogP contribution in [0.3, 0.4) is 0 Å². The highest BCUT2D eigenvalue weighted by atomic mass is 16.6. The molecule has 2 rings (SSSR count). The molecule has 1 amide bonds. The number of nitro groups is 1. The van der Waals surface area contributed by atoms with E-state index in [0.29, 0.717) is 13.3 Å². The monoisotopic (exact) mass is 308 g/mol. The molecule has 0 spiro atoms. The van der Waals surface area contributed by atoms with Crippen LogP contribution in [-0.2, 0) is 0 Å². The summed E-state index contributed by atoms with van der Waals surface area (Å²) in [6.45, 7) is 6.02. The summed E-state index contributed by atoms with van der Waals surface area (Å²) in [5.74, 6) is -0.157. The van der Waals surface area contributed by atoms with Gasteiger partial charge in [-0.15, -0.1) is 0 Å². The second-order valence-corrected chi connectivity index (χ2v) is 4.90. The van der Waals surface area contributed by atoms with Gasteiger partial charge in [0.2, 0.25) is 0 Å². The number of nitro benzene ring substituents is 1. The molecule has 120 valence electrons. The standard InChI is InChI=1S/C14H20N4O4/c1-2-22-13-4-3-11(9-12(13)18(20)21)14(19)16-10-17-7-5-15-6-8-17/h3-4,9,15H,2,5-8,10H2,1H3,(H,16,19). The van der Waals surface area contributed by atoms with Crippen molar-refractivity contribution in [1.29, 1.82) is 0 Å². The Morgan fingerprint density at radius 1 is 1.45 bits per heavy atom. The van der Waals surface area contributed by atoms with E-state index in [9.17, 15) is 14.9 Å². The molecule has 0 aliphatic carbocycles. The maximum absolute atomic E-state index is 12.1. The topological polar surface area (TPSA) is 96.7 Å². The van der Waals surface area contributed by atoms with E-state index in [1.165, 1.54) is 18.2 Å². The van der Waals surface area contributed by atoms with Gasteiger partial charge in [-0.1, -0.05) is 0 Å². The van der Waals surface area contributed by atoms with Crippen LogP contribution in [0.1, 0.15) is 17.3 Å². The molecule has 1 aliphatic rings. The molecule has 0 bridgehead atoms. The van der Waals surface area contributed by atoms with E-state index in [2.05, 4.69) is 15.5 Å². The van der Waals surface area contributed by atoms with Crippen molar-refractivity contribution in [3.63, 3.8) is 0 Å². The average Bonchev–Trinajstić information content (AvgIpc) is 2.54. The maximum Gasteiger partial charge on any atom is 0.311 e. The Morgan fingerprint density at radius 2 is 2.18 bits per heavy atom. The van der Waals surface area contributed by atoms with E-state index in [0.717, 1.165) is 26.2 Å². The van der Waals surface area contributed by atoms with E-state index in [4.69, 9.17) is 4.74 Å². The van der Waals surface area contributed by atoms with Gasteiger partial charge in [0, 0.05) is 37.8 Å². The minimum Gasteiger partial charge on any atom is -0.487 e. The first kappa shape index (κ1) is 16.2. The molecule has 22 heavy (non-hydrogen) atoms. The lowest BCUT2D eigenvalue weighted by Crippen LogP contribution is -2.48. The number of hydrogen-bond acceptors (Lipinski definition) is 6. The van der Waals surface area contributed by atoms with Gasteiger partial charge in [0.1, 0.15) is 0 Å². The number of piperazine rings is 1. The molecule has 0 unspecified atom stereocenters. The maximum atomic E-state index is 12.1. The van der Waals surface area contributed by atoms with Crippen LogP contribution in [0.5, 0.6) is 5.75 Å². The lowest BCUT2D eigenvalue weighted by molar-refractivity contribution is -0.385. The Kier molecular flexibility index (Phi) is 5.68. The first-order valence-electron chi connectivity index (χ1n) is 7.24. The molecule has 0 atom stereocenters. The van der Waals surface area contributed by atoms with Crippen molar-refractivity contribution in [3.8, 4) is 5.75 Å². The van der Waals surface area contributed by atoms with Gasteiger partial charge in [0.25, 0.3) is 5.91 Å². The molecule has 1 aromatic rings. The van der Waals surface area contributed by atoms with Crippen molar-refractivity contribution >= 4 is 11.6 Å². The fraction of sp³-hybridized carbons (Fsp3) is 0.500.